The van der Waals surface area contributed by atoms with E-state index in [2.05, 4.69) is 4.74 Å². The number of carbonyl (C=O) groups excluding carboxylic acids is 2. The molecule has 1 fully saturated rings. The highest BCUT2D eigenvalue weighted by Crippen LogP contribution is 2.30. The van der Waals surface area contributed by atoms with Crippen LogP contribution in [0.3, 0.4) is 0 Å². The van der Waals surface area contributed by atoms with Gasteiger partial charge in [-0.3, -0.25) is 29.8 Å². The molecule has 13 heteroatoms. The van der Waals surface area contributed by atoms with Crippen LogP contribution in [0.1, 0.15) is 12.8 Å². The molecule has 1 saturated heterocycles. The van der Waals surface area contributed by atoms with E-state index in [-0.39, 0.29) is 35.6 Å². The molecule has 2 aromatic rings. The fourth-order valence-electron chi connectivity index (χ4n) is 2.68. The summed E-state index contributed by atoms with van der Waals surface area (Å²) in [6, 6.07) is 12.0. The molecule has 0 aromatic heterocycles. The van der Waals surface area contributed by atoms with Crippen molar-refractivity contribution in [2.75, 3.05) is 20.3 Å². The largest absolute Gasteiger partial charge is 0.468 e. The standard InChI is InChI=1S/C11H13NO5S.C10H9NO4S/c1-17-11(14)10(6-7-13)18-9-4-2-8(3-5-9)12(15)16;12-10-9(5-6-15-10)16-8-3-1-7(2-4-8)11(13)14/h2-5,10,13H,6-7H2,1H3;1-4,9H,5-6H2. The zero-order valence-corrected chi connectivity index (χ0v) is 19.7. The van der Waals surface area contributed by atoms with E-state index in [4.69, 9.17) is 9.84 Å². The number of benzene rings is 2. The predicted molar refractivity (Wildman–Crippen MR) is 125 cm³/mol. The van der Waals surface area contributed by atoms with Crippen LogP contribution in [0.25, 0.3) is 0 Å². The summed E-state index contributed by atoms with van der Waals surface area (Å²) in [5, 5.41) is 29.1. The lowest BCUT2D eigenvalue weighted by atomic mass is 10.3. The monoisotopic (exact) mass is 510 g/mol. The second kappa shape index (κ2) is 13.5. The van der Waals surface area contributed by atoms with E-state index in [1.54, 1.807) is 24.3 Å². The molecular formula is C21H22N2O9S2. The molecule has 3 rings (SSSR count). The zero-order chi connectivity index (χ0) is 25.1. The Morgan fingerprint density at radius 2 is 1.62 bits per heavy atom. The second-order valence-electron chi connectivity index (χ2n) is 6.71. The molecule has 0 radical (unpaired) electrons. The van der Waals surface area contributed by atoms with Crippen molar-refractivity contribution in [3.8, 4) is 0 Å². The summed E-state index contributed by atoms with van der Waals surface area (Å²) in [5.41, 5.74) is 0.0504. The van der Waals surface area contributed by atoms with Crippen molar-refractivity contribution in [3.05, 3.63) is 68.8 Å². The summed E-state index contributed by atoms with van der Waals surface area (Å²) in [4.78, 5) is 44.2. The summed E-state index contributed by atoms with van der Waals surface area (Å²) >= 11 is 2.59. The van der Waals surface area contributed by atoms with Gasteiger partial charge in [0.25, 0.3) is 11.4 Å². The summed E-state index contributed by atoms with van der Waals surface area (Å²) in [6.07, 6.45) is 0.967. The number of aliphatic hydroxyl groups is 1. The average Bonchev–Trinajstić information content (AvgIpc) is 3.23. The van der Waals surface area contributed by atoms with E-state index < -0.39 is 21.1 Å². The van der Waals surface area contributed by atoms with Crippen LogP contribution < -0.4 is 0 Å². The Hall–Kier alpha value is -3.16. The van der Waals surface area contributed by atoms with Crippen LogP contribution in [-0.4, -0.2) is 57.7 Å². The fourth-order valence-corrected chi connectivity index (χ4v) is 4.72. The van der Waals surface area contributed by atoms with Crippen molar-refractivity contribution in [1.82, 2.24) is 0 Å². The molecule has 34 heavy (non-hydrogen) atoms. The van der Waals surface area contributed by atoms with Crippen LogP contribution in [0.2, 0.25) is 0 Å². The number of cyclic esters (lactones) is 1. The summed E-state index contributed by atoms with van der Waals surface area (Å²) in [6.45, 7) is 0.337. The molecule has 2 atom stereocenters. The van der Waals surface area contributed by atoms with Gasteiger partial charge in [-0.2, -0.15) is 0 Å². The molecule has 0 spiro atoms. The quantitative estimate of drug-likeness (QED) is 0.227. The van der Waals surface area contributed by atoms with E-state index in [1.807, 2.05) is 0 Å². The molecule has 11 nitrogen and oxygen atoms in total. The number of nitro benzene ring substituents is 2. The Morgan fingerprint density at radius 1 is 1.09 bits per heavy atom. The lowest BCUT2D eigenvalue weighted by Crippen LogP contribution is -2.20. The smallest absolute Gasteiger partial charge is 0.319 e. The number of hydrogen-bond acceptors (Lipinski definition) is 11. The second-order valence-corrected chi connectivity index (χ2v) is 9.26. The first-order chi connectivity index (χ1) is 16.2. The first-order valence-electron chi connectivity index (χ1n) is 9.92. The highest BCUT2D eigenvalue weighted by atomic mass is 32.2. The van der Waals surface area contributed by atoms with E-state index in [9.17, 15) is 29.8 Å². The number of carbonyl (C=O) groups is 2. The Bertz CT molecular complexity index is 1000. The number of rotatable bonds is 9. The molecule has 1 aliphatic heterocycles. The lowest BCUT2D eigenvalue weighted by Gasteiger charge is -2.12. The third-order valence-corrected chi connectivity index (χ3v) is 6.91. The van der Waals surface area contributed by atoms with Crippen LogP contribution in [0.5, 0.6) is 0 Å². The van der Waals surface area contributed by atoms with Crippen LogP contribution in [0.15, 0.2) is 58.3 Å². The number of ether oxygens (including phenoxy) is 2. The average molecular weight is 511 g/mol. The molecular weight excluding hydrogens is 488 g/mol. The minimum Gasteiger partial charge on any atom is -0.468 e. The first kappa shape index (κ1) is 27.1. The summed E-state index contributed by atoms with van der Waals surface area (Å²) < 4.78 is 9.45. The van der Waals surface area contributed by atoms with E-state index in [0.717, 1.165) is 4.90 Å². The number of thioether (sulfide) groups is 2. The maximum absolute atomic E-state index is 11.4. The van der Waals surface area contributed by atoms with Crippen molar-refractivity contribution >= 4 is 46.8 Å². The minimum atomic E-state index is -0.513. The van der Waals surface area contributed by atoms with E-state index in [1.165, 1.54) is 54.9 Å². The Morgan fingerprint density at radius 3 is 2.03 bits per heavy atom. The SMILES string of the molecule is COC(=O)C(CCO)Sc1ccc([N+](=O)[O-])cc1.O=C1OCCC1Sc1ccc([N+](=O)[O-])cc1. The molecule has 182 valence electrons. The van der Waals surface area contributed by atoms with Crippen LogP contribution in [0, 0.1) is 20.2 Å². The molecule has 2 unspecified atom stereocenters. The third-order valence-electron chi connectivity index (χ3n) is 4.39. The van der Waals surface area contributed by atoms with Crippen molar-refractivity contribution in [2.45, 2.75) is 33.1 Å². The van der Waals surface area contributed by atoms with Gasteiger partial charge >= 0.3 is 11.9 Å². The van der Waals surface area contributed by atoms with Gasteiger partial charge in [0, 0.05) is 47.1 Å². The number of esters is 2. The van der Waals surface area contributed by atoms with Crippen molar-refractivity contribution in [2.24, 2.45) is 0 Å². The molecule has 0 bridgehead atoms. The van der Waals surface area contributed by atoms with Gasteiger partial charge in [0.05, 0.1) is 23.6 Å². The molecule has 0 amide bonds. The van der Waals surface area contributed by atoms with Gasteiger partial charge in [-0.05, 0) is 30.7 Å². The molecule has 2 aromatic carbocycles. The maximum Gasteiger partial charge on any atom is 0.319 e. The minimum absolute atomic E-state index is 0.00359. The van der Waals surface area contributed by atoms with Gasteiger partial charge in [0.1, 0.15) is 10.5 Å². The highest BCUT2D eigenvalue weighted by molar-refractivity contribution is 8.00. The molecule has 0 aliphatic carbocycles. The van der Waals surface area contributed by atoms with Gasteiger partial charge < -0.3 is 14.6 Å². The highest BCUT2D eigenvalue weighted by Gasteiger charge is 2.27. The maximum atomic E-state index is 11.4. The number of nitro groups is 2. The number of methoxy groups -OCH3 is 1. The fraction of sp³-hybridized carbons (Fsp3) is 0.333. The topological polar surface area (TPSA) is 159 Å². The number of hydrogen-bond donors (Lipinski definition) is 1. The summed E-state index contributed by atoms with van der Waals surface area (Å²) in [5.74, 6) is -0.629. The third kappa shape index (κ3) is 8.32. The van der Waals surface area contributed by atoms with Crippen molar-refractivity contribution in [1.29, 1.82) is 0 Å². The van der Waals surface area contributed by atoms with E-state index in [0.29, 0.717) is 17.9 Å². The van der Waals surface area contributed by atoms with Gasteiger partial charge in [0.15, 0.2) is 0 Å². The molecule has 1 N–H and O–H groups in total. The van der Waals surface area contributed by atoms with Crippen LogP contribution >= 0.6 is 23.5 Å². The number of nitrogens with zero attached hydrogens (tertiary/aromatic N) is 2. The predicted octanol–water partition coefficient (Wildman–Crippen LogP) is 3.61. The lowest BCUT2D eigenvalue weighted by molar-refractivity contribution is -0.385. The number of aliphatic hydroxyl groups excluding tert-OH is 1. The van der Waals surface area contributed by atoms with Crippen LogP contribution in [-0.2, 0) is 19.1 Å². The molecule has 1 aliphatic rings. The summed E-state index contributed by atoms with van der Waals surface area (Å²) in [7, 11) is 1.28. The van der Waals surface area contributed by atoms with Gasteiger partial charge in [0.2, 0.25) is 0 Å². The van der Waals surface area contributed by atoms with Gasteiger partial charge in [-0.1, -0.05) is 0 Å². The first-order valence-corrected chi connectivity index (χ1v) is 11.7. The number of non-ortho nitro benzene ring substituents is 2. The van der Waals surface area contributed by atoms with Crippen molar-refractivity contribution < 1.29 is 34.0 Å². The normalized spacial score (nSPS) is 15.5. The van der Waals surface area contributed by atoms with Crippen LogP contribution in [0.4, 0.5) is 11.4 Å². The Kier molecular flexibility index (Phi) is 10.8. The van der Waals surface area contributed by atoms with Gasteiger partial charge in [-0.25, -0.2) is 0 Å². The van der Waals surface area contributed by atoms with Gasteiger partial charge in [-0.15, -0.1) is 23.5 Å². The zero-order valence-electron chi connectivity index (χ0n) is 18.0. The van der Waals surface area contributed by atoms with Crippen molar-refractivity contribution in [3.63, 3.8) is 0 Å². The van der Waals surface area contributed by atoms with E-state index >= 15 is 0 Å². The molecule has 0 saturated carbocycles. The molecule has 1 heterocycles. The Labute approximate surface area is 203 Å². The Balaban J connectivity index is 0.000000241.